The molecule has 0 radical (unpaired) electrons. The van der Waals surface area contributed by atoms with Gasteiger partial charge < -0.3 is 10.4 Å². The van der Waals surface area contributed by atoms with Crippen LogP contribution in [0.25, 0.3) is 11.1 Å². The van der Waals surface area contributed by atoms with Crippen LogP contribution in [0.3, 0.4) is 0 Å². The number of nitrogens with zero attached hydrogens (tertiary/aromatic N) is 2. The molecule has 1 saturated carbocycles. The van der Waals surface area contributed by atoms with Gasteiger partial charge in [0.05, 0.1) is 17.1 Å². The Kier molecular flexibility index (Phi) is 5.12. The monoisotopic (exact) mass is 416 g/mol. The summed E-state index contributed by atoms with van der Waals surface area (Å²) in [6.07, 6.45) is 4.46. The average Bonchev–Trinajstić information content (AvgIpc) is 3.40. The van der Waals surface area contributed by atoms with Crippen molar-refractivity contribution in [3.05, 3.63) is 66.2 Å². The van der Waals surface area contributed by atoms with E-state index in [0.717, 1.165) is 12.8 Å². The summed E-state index contributed by atoms with van der Waals surface area (Å²) in [5.74, 6) is -0.415. The van der Waals surface area contributed by atoms with E-state index < -0.39 is 22.1 Å². The molecule has 0 spiro atoms. The number of anilines is 1. The Morgan fingerprint density at radius 2 is 2.03 bits per heavy atom. The molecule has 7 nitrogen and oxygen atoms in total. The second kappa shape index (κ2) is 7.58. The first-order valence-corrected chi connectivity index (χ1v) is 10.8. The summed E-state index contributed by atoms with van der Waals surface area (Å²) < 4.78 is 39.9. The van der Waals surface area contributed by atoms with Crippen LogP contribution < -0.4 is 10.5 Å². The van der Waals surface area contributed by atoms with E-state index in [1.807, 2.05) is 10.9 Å². The third-order valence-electron chi connectivity index (χ3n) is 4.83. The number of halogens is 1. The van der Waals surface area contributed by atoms with Crippen molar-refractivity contribution in [1.29, 1.82) is 0 Å². The minimum Gasteiger partial charge on any atom is -0.373 e. The van der Waals surface area contributed by atoms with Gasteiger partial charge in [0.25, 0.3) is 0 Å². The first-order valence-electron chi connectivity index (χ1n) is 9.20. The number of primary sulfonamides is 1. The number of aromatic nitrogens is 2. The Bertz CT molecular complexity index is 1140. The molecule has 9 heteroatoms. The number of hydrogen-bond acceptors (Lipinski definition) is 5. The molecule has 4 rings (SSSR count). The molecule has 152 valence electrons. The molecule has 0 bridgehead atoms. The summed E-state index contributed by atoms with van der Waals surface area (Å²) in [6, 6.07) is 11.1. The molecule has 2 aromatic carbocycles. The van der Waals surface area contributed by atoms with E-state index in [4.69, 9.17) is 5.14 Å². The Hall–Kier alpha value is -2.75. The van der Waals surface area contributed by atoms with Crippen LogP contribution >= 0.6 is 0 Å². The number of hydrogen-bond donors (Lipinski definition) is 3. The highest BCUT2D eigenvalue weighted by atomic mass is 32.2. The minimum atomic E-state index is -4.02. The summed E-state index contributed by atoms with van der Waals surface area (Å²) >= 11 is 0. The molecule has 1 aliphatic carbocycles. The maximum absolute atomic E-state index is 13.8. The van der Waals surface area contributed by atoms with Crippen LogP contribution in [0.1, 0.15) is 24.4 Å². The summed E-state index contributed by atoms with van der Waals surface area (Å²) in [5.41, 5.74) is 1.80. The third kappa shape index (κ3) is 4.47. The molecule has 0 amide bonds. The number of benzene rings is 2. The standard InChI is InChI=1S/C20H21FN4O3S/c21-18-4-2-1-3-13(18)9-20(26)24-15-5-8-17(19(10-15)29(22,27)28)14-11-23-25(12-14)16-6-7-16/h1-5,8,10-12,16,20,24,26H,6-7,9H2,(H2,22,27,28). The Morgan fingerprint density at radius 3 is 2.72 bits per heavy atom. The lowest BCUT2D eigenvalue weighted by atomic mass is 10.1. The van der Waals surface area contributed by atoms with Crippen molar-refractivity contribution >= 4 is 15.7 Å². The van der Waals surface area contributed by atoms with Crippen LogP contribution in [-0.2, 0) is 16.4 Å². The van der Waals surface area contributed by atoms with Gasteiger partial charge in [0.1, 0.15) is 12.0 Å². The molecule has 1 heterocycles. The quantitative estimate of drug-likeness (QED) is 0.513. The van der Waals surface area contributed by atoms with Gasteiger partial charge in [-0.25, -0.2) is 17.9 Å². The number of rotatable bonds is 7. The van der Waals surface area contributed by atoms with Crippen LogP contribution in [0, 0.1) is 5.82 Å². The van der Waals surface area contributed by atoms with Gasteiger partial charge in [-0.3, -0.25) is 4.68 Å². The number of aliphatic hydroxyl groups excluding tert-OH is 1. The molecule has 1 aromatic heterocycles. The molecule has 0 saturated heterocycles. The van der Waals surface area contributed by atoms with Crippen molar-refractivity contribution in [3.8, 4) is 11.1 Å². The molecule has 1 aliphatic rings. The van der Waals surface area contributed by atoms with E-state index in [0.29, 0.717) is 28.4 Å². The second-order valence-corrected chi connectivity index (χ2v) is 8.68. The molecular weight excluding hydrogens is 395 g/mol. The average molecular weight is 416 g/mol. The topological polar surface area (TPSA) is 110 Å². The number of nitrogens with one attached hydrogen (secondary N) is 1. The predicted octanol–water partition coefficient (Wildman–Crippen LogP) is 2.64. The molecule has 1 atom stereocenters. The van der Waals surface area contributed by atoms with Gasteiger partial charge in [0.15, 0.2) is 0 Å². The molecule has 29 heavy (non-hydrogen) atoms. The van der Waals surface area contributed by atoms with Crippen molar-refractivity contribution < 1.29 is 17.9 Å². The van der Waals surface area contributed by atoms with Crippen LogP contribution in [0.4, 0.5) is 10.1 Å². The maximum atomic E-state index is 13.8. The van der Waals surface area contributed by atoms with Gasteiger partial charge in [0.2, 0.25) is 10.0 Å². The molecule has 1 unspecified atom stereocenters. The van der Waals surface area contributed by atoms with Crippen molar-refractivity contribution in [2.45, 2.75) is 36.4 Å². The smallest absolute Gasteiger partial charge is 0.238 e. The summed E-state index contributed by atoms with van der Waals surface area (Å²) in [6.45, 7) is 0. The van der Waals surface area contributed by atoms with E-state index in [9.17, 15) is 17.9 Å². The summed E-state index contributed by atoms with van der Waals surface area (Å²) in [4.78, 5) is -0.0732. The molecule has 4 N–H and O–H groups in total. The third-order valence-corrected chi connectivity index (χ3v) is 5.78. The van der Waals surface area contributed by atoms with Crippen molar-refractivity contribution in [3.63, 3.8) is 0 Å². The van der Waals surface area contributed by atoms with Gasteiger partial charge in [-0.1, -0.05) is 24.3 Å². The zero-order chi connectivity index (χ0) is 20.6. The first-order chi connectivity index (χ1) is 13.8. The zero-order valence-corrected chi connectivity index (χ0v) is 16.3. The van der Waals surface area contributed by atoms with E-state index in [1.165, 1.54) is 12.1 Å². The Labute approximate surface area is 168 Å². The predicted molar refractivity (Wildman–Crippen MR) is 107 cm³/mol. The number of aliphatic hydroxyl groups is 1. The Morgan fingerprint density at radius 1 is 1.28 bits per heavy atom. The summed E-state index contributed by atoms with van der Waals surface area (Å²) in [5, 5.41) is 22.8. The van der Waals surface area contributed by atoms with Gasteiger partial charge in [-0.05, 0) is 36.6 Å². The fourth-order valence-electron chi connectivity index (χ4n) is 3.22. The molecule has 0 aliphatic heterocycles. The van der Waals surface area contributed by atoms with Gasteiger partial charge in [-0.2, -0.15) is 5.10 Å². The normalized spacial score (nSPS) is 15.3. The number of nitrogens with two attached hydrogens (primary N) is 1. The highest BCUT2D eigenvalue weighted by Gasteiger charge is 2.25. The van der Waals surface area contributed by atoms with Gasteiger partial charge >= 0.3 is 0 Å². The Balaban J connectivity index is 1.59. The molecule has 1 fully saturated rings. The molecular formula is C20H21FN4O3S. The SMILES string of the molecule is NS(=O)(=O)c1cc(NC(O)Cc2ccccc2F)ccc1-c1cnn(C2CC2)c1. The highest BCUT2D eigenvalue weighted by molar-refractivity contribution is 7.89. The highest BCUT2D eigenvalue weighted by Crippen LogP contribution is 2.36. The zero-order valence-electron chi connectivity index (χ0n) is 15.5. The minimum absolute atomic E-state index is 0.0211. The van der Waals surface area contributed by atoms with E-state index in [2.05, 4.69) is 10.4 Å². The van der Waals surface area contributed by atoms with E-state index >= 15 is 0 Å². The van der Waals surface area contributed by atoms with Crippen LogP contribution in [0.2, 0.25) is 0 Å². The van der Waals surface area contributed by atoms with Gasteiger partial charge in [-0.15, -0.1) is 0 Å². The largest absolute Gasteiger partial charge is 0.373 e. The summed E-state index contributed by atoms with van der Waals surface area (Å²) in [7, 11) is -4.02. The fourth-order valence-corrected chi connectivity index (χ4v) is 4.00. The van der Waals surface area contributed by atoms with Gasteiger partial charge in [0, 0.05) is 29.4 Å². The van der Waals surface area contributed by atoms with Crippen LogP contribution in [0.15, 0.2) is 59.8 Å². The van der Waals surface area contributed by atoms with E-state index in [1.54, 1.807) is 36.5 Å². The van der Waals surface area contributed by atoms with Crippen LogP contribution in [0.5, 0.6) is 0 Å². The van der Waals surface area contributed by atoms with E-state index in [-0.39, 0.29) is 11.3 Å². The van der Waals surface area contributed by atoms with Crippen molar-refractivity contribution in [1.82, 2.24) is 9.78 Å². The first kappa shape index (κ1) is 19.6. The van der Waals surface area contributed by atoms with Crippen molar-refractivity contribution in [2.75, 3.05) is 5.32 Å². The lowest BCUT2D eigenvalue weighted by Crippen LogP contribution is -2.22. The maximum Gasteiger partial charge on any atom is 0.238 e. The fraction of sp³-hybridized carbons (Fsp3) is 0.250. The lowest BCUT2D eigenvalue weighted by Gasteiger charge is -2.16. The second-order valence-electron chi connectivity index (χ2n) is 7.15. The molecule has 3 aromatic rings. The van der Waals surface area contributed by atoms with Crippen LogP contribution in [-0.4, -0.2) is 29.5 Å². The number of sulfonamides is 1. The lowest BCUT2D eigenvalue weighted by molar-refractivity contribution is 0.202. The van der Waals surface area contributed by atoms with Crippen molar-refractivity contribution in [2.24, 2.45) is 5.14 Å².